The van der Waals surface area contributed by atoms with Gasteiger partial charge in [0.25, 0.3) is 0 Å². The molecule has 0 aliphatic heterocycles. The van der Waals surface area contributed by atoms with Crippen LogP contribution in [0.5, 0.6) is 11.5 Å². The van der Waals surface area contributed by atoms with Crippen LogP contribution in [0.25, 0.3) is 0 Å². The van der Waals surface area contributed by atoms with Crippen LogP contribution in [0.2, 0.25) is 0 Å². The van der Waals surface area contributed by atoms with E-state index in [2.05, 4.69) is 10.0 Å². The molecule has 1 amide bonds. The third kappa shape index (κ3) is 6.05. The van der Waals surface area contributed by atoms with Crippen molar-refractivity contribution >= 4 is 21.6 Å². The van der Waals surface area contributed by atoms with Gasteiger partial charge in [0.1, 0.15) is 11.5 Å². The fraction of sp³-hybridized carbons (Fsp3) is 0.278. The maximum Gasteiger partial charge on any atom is 0.239 e. The van der Waals surface area contributed by atoms with E-state index in [1.807, 2.05) is 30.3 Å². The minimum atomic E-state index is -3.56. The van der Waals surface area contributed by atoms with E-state index < -0.39 is 15.9 Å². The number of benzene rings is 2. The number of methoxy groups -OCH3 is 2. The number of carbonyl (C=O) groups excluding carboxylic acids is 1. The predicted octanol–water partition coefficient (Wildman–Crippen LogP) is 1.80. The van der Waals surface area contributed by atoms with Crippen molar-refractivity contribution in [2.45, 2.75) is 6.42 Å². The zero-order chi connectivity index (χ0) is 19.0. The Balaban J connectivity index is 1.87. The highest BCUT2D eigenvalue weighted by molar-refractivity contribution is 7.89. The second-order valence-corrected chi connectivity index (χ2v) is 7.42. The number of ether oxygens (including phenoxy) is 2. The molecule has 0 aliphatic rings. The Kier molecular flexibility index (Phi) is 6.99. The van der Waals surface area contributed by atoms with Crippen LogP contribution in [0.4, 0.5) is 5.69 Å². The van der Waals surface area contributed by atoms with Crippen molar-refractivity contribution in [2.75, 3.05) is 31.8 Å². The topological polar surface area (TPSA) is 93.7 Å². The number of hydrogen-bond acceptors (Lipinski definition) is 5. The Morgan fingerprint density at radius 1 is 1.04 bits per heavy atom. The zero-order valence-corrected chi connectivity index (χ0v) is 15.5. The van der Waals surface area contributed by atoms with Gasteiger partial charge in [-0.3, -0.25) is 4.79 Å². The van der Waals surface area contributed by atoms with E-state index in [1.165, 1.54) is 14.2 Å². The SMILES string of the molecule is COc1ccc(NC(=O)CNS(=O)(=O)CCc2ccccc2)c(OC)c1. The zero-order valence-electron chi connectivity index (χ0n) is 14.7. The van der Waals surface area contributed by atoms with Crippen LogP contribution in [-0.4, -0.2) is 40.8 Å². The number of anilines is 1. The smallest absolute Gasteiger partial charge is 0.239 e. The molecule has 0 aromatic heterocycles. The van der Waals surface area contributed by atoms with Crippen molar-refractivity contribution in [3.05, 3.63) is 54.1 Å². The number of sulfonamides is 1. The minimum absolute atomic E-state index is 0.0872. The lowest BCUT2D eigenvalue weighted by Gasteiger charge is -2.12. The molecule has 2 aromatic carbocycles. The molecule has 2 rings (SSSR count). The average molecular weight is 378 g/mol. The minimum Gasteiger partial charge on any atom is -0.497 e. The molecule has 140 valence electrons. The number of aryl methyl sites for hydroxylation is 1. The van der Waals surface area contributed by atoms with Gasteiger partial charge in [-0.15, -0.1) is 0 Å². The second kappa shape index (κ2) is 9.21. The second-order valence-electron chi connectivity index (χ2n) is 5.49. The summed E-state index contributed by atoms with van der Waals surface area (Å²) in [6.45, 7) is -0.355. The van der Waals surface area contributed by atoms with Crippen LogP contribution in [0, 0.1) is 0 Å². The number of carbonyl (C=O) groups is 1. The monoisotopic (exact) mass is 378 g/mol. The molecule has 8 heteroatoms. The van der Waals surface area contributed by atoms with Crippen molar-refractivity contribution in [1.29, 1.82) is 0 Å². The standard InChI is InChI=1S/C18H22N2O5S/c1-24-15-8-9-16(17(12-15)25-2)20-18(21)13-19-26(22,23)11-10-14-6-4-3-5-7-14/h3-9,12,19H,10-11,13H2,1-2H3,(H,20,21). The summed E-state index contributed by atoms with van der Waals surface area (Å²) >= 11 is 0. The fourth-order valence-corrected chi connectivity index (χ4v) is 3.24. The van der Waals surface area contributed by atoms with Gasteiger partial charge in [-0.1, -0.05) is 30.3 Å². The predicted molar refractivity (Wildman–Crippen MR) is 100 cm³/mol. The van der Waals surface area contributed by atoms with Crippen LogP contribution in [0.15, 0.2) is 48.5 Å². The van der Waals surface area contributed by atoms with Crippen LogP contribution >= 0.6 is 0 Å². The fourth-order valence-electron chi connectivity index (χ4n) is 2.24. The highest BCUT2D eigenvalue weighted by atomic mass is 32.2. The van der Waals surface area contributed by atoms with Crippen LogP contribution < -0.4 is 19.5 Å². The molecule has 0 spiro atoms. The van der Waals surface area contributed by atoms with Crippen LogP contribution in [-0.2, 0) is 21.2 Å². The lowest BCUT2D eigenvalue weighted by atomic mass is 10.2. The van der Waals surface area contributed by atoms with Crippen LogP contribution in [0.3, 0.4) is 0 Å². The van der Waals surface area contributed by atoms with Crippen molar-refractivity contribution in [3.8, 4) is 11.5 Å². The van der Waals surface area contributed by atoms with E-state index in [0.717, 1.165) is 5.56 Å². The first-order valence-electron chi connectivity index (χ1n) is 7.96. The maximum atomic E-state index is 12.0. The molecule has 0 aliphatic carbocycles. The van der Waals surface area contributed by atoms with E-state index in [4.69, 9.17) is 9.47 Å². The average Bonchev–Trinajstić information content (AvgIpc) is 2.66. The molecule has 0 unspecified atom stereocenters. The van der Waals surface area contributed by atoms with Gasteiger partial charge in [-0.2, -0.15) is 0 Å². The van der Waals surface area contributed by atoms with Crippen molar-refractivity contribution in [1.82, 2.24) is 4.72 Å². The van der Waals surface area contributed by atoms with Crippen molar-refractivity contribution in [2.24, 2.45) is 0 Å². The van der Waals surface area contributed by atoms with E-state index in [9.17, 15) is 13.2 Å². The third-order valence-electron chi connectivity index (χ3n) is 3.64. The van der Waals surface area contributed by atoms with Gasteiger partial charge in [-0.25, -0.2) is 13.1 Å². The van der Waals surface area contributed by atoms with Gasteiger partial charge in [0.15, 0.2) is 0 Å². The molecule has 2 aromatic rings. The van der Waals surface area contributed by atoms with Gasteiger partial charge in [0, 0.05) is 6.07 Å². The summed E-state index contributed by atoms with van der Waals surface area (Å²) in [5.41, 5.74) is 1.35. The maximum absolute atomic E-state index is 12.0. The molecule has 0 bridgehead atoms. The van der Waals surface area contributed by atoms with E-state index in [-0.39, 0.29) is 12.3 Å². The molecule has 2 N–H and O–H groups in total. The summed E-state index contributed by atoms with van der Waals surface area (Å²) < 4.78 is 36.7. The molecule has 7 nitrogen and oxygen atoms in total. The summed E-state index contributed by atoms with van der Waals surface area (Å²) in [6, 6.07) is 14.2. The highest BCUT2D eigenvalue weighted by Crippen LogP contribution is 2.28. The third-order valence-corrected chi connectivity index (χ3v) is 4.96. The Labute approximate surface area is 153 Å². The molecule has 26 heavy (non-hydrogen) atoms. The lowest BCUT2D eigenvalue weighted by molar-refractivity contribution is -0.115. The molecule has 0 radical (unpaired) electrons. The summed E-state index contributed by atoms with van der Waals surface area (Å²) in [6.07, 6.45) is 0.379. The Morgan fingerprint density at radius 2 is 1.77 bits per heavy atom. The Bertz CT molecular complexity index is 838. The Morgan fingerprint density at radius 3 is 2.42 bits per heavy atom. The first-order chi connectivity index (χ1) is 12.4. The van der Waals surface area contributed by atoms with Gasteiger partial charge >= 0.3 is 0 Å². The lowest BCUT2D eigenvalue weighted by Crippen LogP contribution is -2.34. The summed E-state index contributed by atoms with van der Waals surface area (Å²) in [5.74, 6) is 0.429. The first-order valence-corrected chi connectivity index (χ1v) is 9.62. The molecule has 0 fully saturated rings. The number of amides is 1. The summed E-state index contributed by atoms with van der Waals surface area (Å²) in [4.78, 5) is 12.0. The molecule has 0 saturated carbocycles. The van der Waals surface area contributed by atoms with Crippen molar-refractivity contribution < 1.29 is 22.7 Å². The van der Waals surface area contributed by atoms with Gasteiger partial charge in [0.2, 0.25) is 15.9 Å². The molecule has 0 heterocycles. The van der Waals surface area contributed by atoms with Gasteiger partial charge in [-0.05, 0) is 24.1 Å². The molecular weight excluding hydrogens is 356 g/mol. The van der Waals surface area contributed by atoms with E-state index in [1.54, 1.807) is 18.2 Å². The molecule has 0 saturated heterocycles. The number of nitrogens with one attached hydrogen (secondary N) is 2. The van der Waals surface area contributed by atoms with Gasteiger partial charge in [0.05, 0.1) is 32.2 Å². The summed E-state index contributed by atoms with van der Waals surface area (Å²) in [5, 5.41) is 2.61. The number of hydrogen-bond donors (Lipinski definition) is 2. The van der Waals surface area contributed by atoms with E-state index in [0.29, 0.717) is 23.6 Å². The first kappa shape index (κ1) is 19.7. The normalized spacial score (nSPS) is 11.0. The van der Waals surface area contributed by atoms with Crippen LogP contribution in [0.1, 0.15) is 5.56 Å². The molecular formula is C18H22N2O5S. The Hall–Kier alpha value is -2.58. The van der Waals surface area contributed by atoms with Crippen molar-refractivity contribution in [3.63, 3.8) is 0 Å². The van der Waals surface area contributed by atoms with Gasteiger partial charge < -0.3 is 14.8 Å². The quantitative estimate of drug-likeness (QED) is 0.694. The largest absolute Gasteiger partial charge is 0.497 e. The highest BCUT2D eigenvalue weighted by Gasteiger charge is 2.14. The number of rotatable bonds is 9. The molecule has 0 atom stereocenters. The summed E-state index contributed by atoms with van der Waals surface area (Å²) in [7, 11) is -0.562. The van der Waals surface area contributed by atoms with E-state index >= 15 is 0 Å².